The largest absolute Gasteiger partial charge is 0.480 e. The van der Waals surface area contributed by atoms with E-state index in [9.17, 15) is 9.90 Å². The Morgan fingerprint density at radius 2 is 2.12 bits per heavy atom. The van der Waals surface area contributed by atoms with Crippen LogP contribution in [0.25, 0.3) is 11.0 Å². The maximum absolute atomic E-state index is 11.8. The van der Waals surface area contributed by atoms with Crippen molar-refractivity contribution in [1.82, 2.24) is 19.7 Å². The lowest BCUT2D eigenvalue weighted by molar-refractivity contribution is -0.145. The molecule has 0 aliphatic carbocycles. The highest BCUT2D eigenvalue weighted by atomic mass is 16.4. The zero-order valence-corrected chi connectivity index (χ0v) is 13.6. The summed E-state index contributed by atoms with van der Waals surface area (Å²) in [7, 11) is 0. The van der Waals surface area contributed by atoms with Crippen molar-refractivity contribution in [3.63, 3.8) is 0 Å². The third-order valence-corrected chi connectivity index (χ3v) is 4.70. The molecule has 124 valence electrons. The standard InChI is InChI=1S/C17H18N4O3/c1-10-13(12-5-3-4-6-15(12)24-10)7-20-9-16-19-18-11(2)21(16)8-14(20)17(22)23/h3-6,14H,7-9H2,1-2H3,(H,22,23). The van der Waals surface area contributed by atoms with Gasteiger partial charge in [-0.05, 0) is 19.9 Å². The van der Waals surface area contributed by atoms with Gasteiger partial charge >= 0.3 is 5.97 Å². The summed E-state index contributed by atoms with van der Waals surface area (Å²) >= 11 is 0. The number of furan rings is 1. The Morgan fingerprint density at radius 1 is 1.33 bits per heavy atom. The smallest absolute Gasteiger partial charge is 0.322 e. The minimum Gasteiger partial charge on any atom is -0.480 e. The summed E-state index contributed by atoms with van der Waals surface area (Å²) in [6.07, 6.45) is 0. The van der Waals surface area contributed by atoms with Crippen LogP contribution in [-0.2, 0) is 24.4 Å². The molecular formula is C17H18N4O3. The van der Waals surface area contributed by atoms with Gasteiger partial charge in [-0.15, -0.1) is 10.2 Å². The van der Waals surface area contributed by atoms with Crippen molar-refractivity contribution in [2.45, 2.75) is 39.5 Å². The summed E-state index contributed by atoms with van der Waals surface area (Å²) in [5.41, 5.74) is 1.86. The van der Waals surface area contributed by atoms with E-state index in [1.54, 1.807) is 0 Å². The molecule has 3 aromatic rings. The number of aryl methyl sites for hydroxylation is 2. The predicted molar refractivity (Wildman–Crippen MR) is 86.4 cm³/mol. The molecule has 0 spiro atoms. The van der Waals surface area contributed by atoms with Crippen LogP contribution in [0.2, 0.25) is 0 Å². The number of hydrogen-bond acceptors (Lipinski definition) is 5. The first-order chi connectivity index (χ1) is 11.5. The Balaban J connectivity index is 1.72. The van der Waals surface area contributed by atoms with E-state index < -0.39 is 12.0 Å². The number of carboxylic acids is 1. The molecule has 0 amide bonds. The predicted octanol–water partition coefficient (Wildman–Crippen LogP) is 2.11. The fourth-order valence-corrected chi connectivity index (χ4v) is 3.38. The van der Waals surface area contributed by atoms with Gasteiger partial charge in [0.1, 0.15) is 29.0 Å². The first kappa shape index (κ1) is 14.9. The summed E-state index contributed by atoms with van der Waals surface area (Å²) in [4.78, 5) is 13.7. The number of nitrogens with zero attached hydrogens (tertiary/aromatic N) is 4. The summed E-state index contributed by atoms with van der Waals surface area (Å²) in [6, 6.07) is 7.22. The minimum absolute atomic E-state index is 0.359. The van der Waals surface area contributed by atoms with Gasteiger partial charge in [-0.25, -0.2) is 0 Å². The summed E-state index contributed by atoms with van der Waals surface area (Å²) < 4.78 is 7.69. The lowest BCUT2D eigenvalue weighted by atomic mass is 10.1. The molecule has 1 atom stereocenters. The highest BCUT2D eigenvalue weighted by molar-refractivity contribution is 5.82. The van der Waals surface area contributed by atoms with Crippen molar-refractivity contribution in [2.75, 3.05) is 0 Å². The number of benzene rings is 1. The van der Waals surface area contributed by atoms with E-state index in [-0.39, 0.29) is 0 Å². The number of aromatic nitrogens is 3. The van der Waals surface area contributed by atoms with Crippen LogP contribution in [0.3, 0.4) is 0 Å². The SMILES string of the molecule is Cc1oc2ccccc2c1CN1Cc2nnc(C)n2CC1C(=O)O. The Labute approximate surface area is 138 Å². The molecule has 1 aromatic carbocycles. The van der Waals surface area contributed by atoms with E-state index in [2.05, 4.69) is 10.2 Å². The minimum atomic E-state index is -0.834. The van der Waals surface area contributed by atoms with Crippen molar-refractivity contribution in [2.24, 2.45) is 0 Å². The molecule has 1 N–H and O–H groups in total. The van der Waals surface area contributed by atoms with E-state index >= 15 is 0 Å². The quantitative estimate of drug-likeness (QED) is 0.793. The Morgan fingerprint density at radius 3 is 2.92 bits per heavy atom. The van der Waals surface area contributed by atoms with Gasteiger partial charge in [0.2, 0.25) is 0 Å². The number of aliphatic carboxylic acids is 1. The monoisotopic (exact) mass is 326 g/mol. The summed E-state index contributed by atoms with van der Waals surface area (Å²) in [6.45, 7) is 5.08. The highest BCUT2D eigenvalue weighted by Crippen LogP contribution is 2.29. The van der Waals surface area contributed by atoms with E-state index in [4.69, 9.17) is 4.42 Å². The van der Waals surface area contributed by atoms with Crippen LogP contribution in [0, 0.1) is 13.8 Å². The molecule has 2 aromatic heterocycles. The Hall–Kier alpha value is -2.67. The summed E-state index contributed by atoms with van der Waals surface area (Å²) in [5.74, 6) is 1.54. The average Bonchev–Trinajstić information content (AvgIpc) is 3.07. The van der Waals surface area contributed by atoms with Gasteiger partial charge in [-0.2, -0.15) is 0 Å². The van der Waals surface area contributed by atoms with E-state index in [1.165, 1.54) is 0 Å². The number of rotatable bonds is 3. The Kier molecular flexibility index (Phi) is 3.38. The molecule has 0 saturated carbocycles. The van der Waals surface area contributed by atoms with E-state index in [1.807, 2.05) is 47.6 Å². The van der Waals surface area contributed by atoms with Crippen molar-refractivity contribution in [1.29, 1.82) is 0 Å². The molecule has 7 nitrogen and oxygen atoms in total. The first-order valence-electron chi connectivity index (χ1n) is 7.87. The number of hydrogen-bond donors (Lipinski definition) is 1. The van der Waals surface area contributed by atoms with Crippen LogP contribution in [0.1, 0.15) is 23.0 Å². The third kappa shape index (κ3) is 2.28. The molecule has 0 bridgehead atoms. The molecule has 7 heteroatoms. The summed E-state index contributed by atoms with van der Waals surface area (Å²) in [5, 5.41) is 18.9. The number of carboxylic acid groups (broad SMARTS) is 1. The van der Waals surface area contributed by atoms with Crippen molar-refractivity contribution < 1.29 is 14.3 Å². The molecule has 0 radical (unpaired) electrons. The first-order valence-corrected chi connectivity index (χ1v) is 7.87. The second-order valence-corrected chi connectivity index (χ2v) is 6.17. The van der Waals surface area contributed by atoms with Crippen molar-refractivity contribution in [3.8, 4) is 0 Å². The van der Waals surface area contributed by atoms with Gasteiger partial charge in [-0.3, -0.25) is 9.69 Å². The van der Waals surface area contributed by atoms with Crippen molar-refractivity contribution >= 4 is 16.9 Å². The maximum Gasteiger partial charge on any atom is 0.322 e. The fraction of sp³-hybridized carbons (Fsp3) is 0.353. The van der Waals surface area contributed by atoms with Crippen molar-refractivity contribution in [3.05, 3.63) is 47.2 Å². The molecule has 1 aliphatic rings. The Bertz CT molecular complexity index is 927. The molecule has 3 heterocycles. The van der Waals surface area contributed by atoms with Crippen LogP contribution in [0.5, 0.6) is 0 Å². The second-order valence-electron chi connectivity index (χ2n) is 6.17. The lowest BCUT2D eigenvalue weighted by Gasteiger charge is -2.33. The van der Waals surface area contributed by atoms with Crippen LogP contribution in [-0.4, -0.2) is 36.8 Å². The van der Waals surface area contributed by atoms with E-state index in [0.29, 0.717) is 19.6 Å². The zero-order chi connectivity index (χ0) is 16.8. The van der Waals surface area contributed by atoms with Gasteiger partial charge in [0.25, 0.3) is 0 Å². The topological polar surface area (TPSA) is 84.4 Å². The maximum atomic E-state index is 11.8. The fourth-order valence-electron chi connectivity index (χ4n) is 3.38. The average molecular weight is 326 g/mol. The lowest BCUT2D eigenvalue weighted by Crippen LogP contribution is -2.47. The molecule has 1 unspecified atom stereocenters. The second kappa shape index (κ2) is 5.45. The van der Waals surface area contributed by atoms with Gasteiger partial charge in [-0.1, -0.05) is 18.2 Å². The number of para-hydroxylation sites is 1. The number of carbonyl (C=O) groups is 1. The third-order valence-electron chi connectivity index (χ3n) is 4.70. The molecule has 0 saturated heterocycles. The molecule has 4 rings (SSSR count). The molecule has 1 aliphatic heterocycles. The van der Waals surface area contributed by atoms with Gasteiger partial charge in [0, 0.05) is 17.5 Å². The van der Waals surface area contributed by atoms with Crippen LogP contribution >= 0.6 is 0 Å². The normalized spacial score (nSPS) is 18.0. The van der Waals surface area contributed by atoms with Gasteiger partial charge in [0.15, 0.2) is 0 Å². The van der Waals surface area contributed by atoms with Crippen LogP contribution in [0.4, 0.5) is 0 Å². The van der Waals surface area contributed by atoms with Gasteiger partial charge < -0.3 is 14.1 Å². The van der Waals surface area contributed by atoms with E-state index in [0.717, 1.165) is 33.9 Å². The zero-order valence-electron chi connectivity index (χ0n) is 13.6. The molecular weight excluding hydrogens is 308 g/mol. The van der Waals surface area contributed by atoms with Crippen LogP contribution in [0.15, 0.2) is 28.7 Å². The molecule has 24 heavy (non-hydrogen) atoms. The van der Waals surface area contributed by atoms with Gasteiger partial charge in [0.05, 0.1) is 13.1 Å². The number of fused-ring (bicyclic) bond motifs is 2. The molecule has 0 fully saturated rings. The highest BCUT2D eigenvalue weighted by Gasteiger charge is 2.34. The van der Waals surface area contributed by atoms with Crippen LogP contribution < -0.4 is 0 Å².